The maximum atomic E-state index is 12.0. The highest BCUT2D eigenvalue weighted by Crippen LogP contribution is 2.19. The summed E-state index contributed by atoms with van der Waals surface area (Å²) in [6.45, 7) is 2.07. The number of rotatable bonds is 6. The molecule has 0 saturated carbocycles. The molecule has 7 heteroatoms. The van der Waals surface area contributed by atoms with Crippen molar-refractivity contribution in [3.05, 3.63) is 24.3 Å². The molecular weight excluding hydrogens is 268 g/mol. The van der Waals surface area contributed by atoms with Gasteiger partial charge in [-0.1, -0.05) is 31.9 Å². The number of tetrazole rings is 1. The Morgan fingerprint density at radius 2 is 2.29 bits per heavy atom. The molecule has 1 atom stereocenters. The zero-order valence-corrected chi connectivity index (χ0v) is 12.3. The van der Waals surface area contributed by atoms with E-state index in [0.717, 1.165) is 18.4 Å². The van der Waals surface area contributed by atoms with E-state index >= 15 is 0 Å². The first kappa shape index (κ1) is 15.1. The molecule has 0 aliphatic heterocycles. The number of aromatic nitrogens is 4. The molecule has 0 radical (unpaired) electrons. The van der Waals surface area contributed by atoms with Crippen LogP contribution in [0.5, 0.6) is 0 Å². The van der Waals surface area contributed by atoms with E-state index in [9.17, 15) is 4.79 Å². The van der Waals surface area contributed by atoms with E-state index in [2.05, 4.69) is 27.8 Å². The average Bonchev–Trinajstić information content (AvgIpc) is 2.91. The molecule has 0 saturated heterocycles. The van der Waals surface area contributed by atoms with Crippen molar-refractivity contribution in [2.75, 3.05) is 5.32 Å². The molecule has 112 valence electrons. The second-order valence-corrected chi connectivity index (χ2v) is 4.94. The van der Waals surface area contributed by atoms with Crippen molar-refractivity contribution in [2.45, 2.75) is 32.2 Å². The third kappa shape index (κ3) is 3.85. The van der Waals surface area contributed by atoms with Crippen LogP contribution in [-0.4, -0.2) is 32.2 Å². The fourth-order valence-electron chi connectivity index (χ4n) is 2.00. The van der Waals surface area contributed by atoms with Crippen LogP contribution in [0.2, 0.25) is 0 Å². The second-order valence-electron chi connectivity index (χ2n) is 4.94. The predicted molar refractivity (Wildman–Crippen MR) is 80.4 cm³/mol. The number of aryl methyl sites for hydroxylation is 1. The molecule has 0 fully saturated rings. The highest BCUT2D eigenvalue weighted by Gasteiger charge is 2.13. The summed E-state index contributed by atoms with van der Waals surface area (Å²) in [5.41, 5.74) is 7.38. The zero-order valence-electron chi connectivity index (χ0n) is 12.3. The van der Waals surface area contributed by atoms with Crippen LogP contribution in [0, 0.1) is 0 Å². The molecule has 1 aromatic heterocycles. The number of amides is 1. The Labute approximate surface area is 123 Å². The summed E-state index contributed by atoms with van der Waals surface area (Å²) >= 11 is 0. The van der Waals surface area contributed by atoms with Gasteiger partial charge in [-0.05, 0) is 29.0 Å². The molecule has 7 nitrogen and oxygen atoms in total. The number of carbonyl (C=O) groups is 1. The lowest BCUT2D eigenvalue weighted by molar-refractivity contribution is -0.117. The molecule has 1 aromatic carbocycles. The van der Waals surface area contributed by atoms with E-state index in [1.54, 1.807) is 11.7 Å². The van der Waals surface area contributed by atoms with Gasteiger partial charge < -0.3 is 11.1 Å². The van der Waals surface area contributed by atoms with Gasteiger partial charge in [0.15, 0.2) is 5.82 Å². The molecule has 0 bridgehead atoms. The maximum absolute atomic E-state index is 12.0. The van der Waals surface area contributed by atoms with Gasteiger partial charge in [0.2, 0.25) is 5.91 Å². The molecule has 21 heavy (non-hydrogen) atoms. The van der Waals surface area contributed by atoms with Crippen LogP contribution >= 0.6 is 0 Å². The van der Waals surface area contributed by atoms with Gasteiger partial charge in [0, 0.05) is 18.3 Å². The van der Waals surface area contributed by atoms with Gasteiger partial charge in [-0.15, -0.1) is 5.10 Å². The van der Waals surface area contributed by atoms with Crippen LogP contribution in [0.4, 0.5) is 5.69 Å². The summed E-state index contributed by atoms with van der Waals surface area (Å²) in [6, 6.07) is 6.90. The van der Waals surface area contributed by atoms with E-state index < -0.39 is 6.04 Å². The summed E-state index contributed by atoms with van der Waals surface area (Å²) < 4.78 is 1.58. The van der Waals surface area contributed by atoms with Crippen molar-refractivity contribution in [3.8, 4) is 11.4 Å². The number of nitrogens with zero attached hydrogens (tertiary/aromatic N) is 4. The molecule has 3 N–H and O–H groups in total. The van der Waals surface area contributed by atoms with Crippen molar-refractivity contribution < 1.29 is 4.79 Å². The Morgan fingerprint density at radius 3 is 2.95 bits per heavy atom. The quantitative estimate of drug-likeness (QED) is 0.835. The van der Waals surface area contributed by atoms with Gasteiger partial charge >= 0.3 is 0 Å². The number of nitrogens with one attached hydrogen (secondary N) is 1. The molecule has 0 spiro atoms. The standard InChI is InChI=1S/C14H20N6O/c1-3-4-8-12(15)14(21)16-11-7-5-6-10(9-11)13-17-18-19-20(13)2/h5-7,9,12H,3-4,8,15H2,1-2H3,(H,16,21)/t12-/m0/s1. The van der Waals surface area contributed by atoms with E-state index in [-0.39, 0.29) is 5.91 Å². The average molecular weight is 288 g/mol. The van der Waals surface area contributed by atoms with Crippen molar-refractivity contribution >= 4 is 11.6 Å². The summed E-state index contributed by atoms with van der Waals surface area (Å²) in [5.74, 6) is 0.470. The minimum absolute atomic E-state index is 0.170. The third-order valence-electron chi connectivity index (χ3n) is 3.21. The van der Waals surface area contributed by atoms with Gasteiger partial charge in [0.1, 0.15) is 0 Å². The summed E-state index contributed by atoms with van der Waals surface area (Å²) in [5, 5.41) is 14.2. The van der Waals surface area contributed by atoms with Crippen molar-refractivity contribution in [3.63, 3.8) is 0 Å². The van der Waals surface area contributed by atoms with E-state index in [1.165, 1.54) is 0 Å². The van der Waals surface area contributed by atoms with Crippen LogP contribution in [-0.2, 0) is 11.8 Å². The van der Waals surface area contributed by atoms with Gasteiger partial charge in [-0.3, -0.25) is 4.79 Å². The van der Waals surface area contributed by atoms with E-state index in [0.29, 0.717) is 17.9 Å². The Kier molecular flexibility index (Phi) is 4.99. The number of unbranched alkanes of at least 4 members (excludes halogenated alkanes) is 1. The first-order chi connectivity index (χ1) is 10.1. The SMILES string of the molecule is CCCC[C@H](N)C(=O)Nc1cccc(-c2nnnn2C)c1. The Bertz CT molecular complexity index is 609. The fraction of sp³-hybridized carbons (Fsp3) is 0.429. The number of benzene rings is 1. The largest absolute Gasteiger partial charge is 0.325 e. The molecule has 0 aliphatic rings. The monoisotopic (exact) mass is 288 g/mol. The lowest BCUT2D eigenvalue weighted by Gasteiger charge is -2.12. The Balaban J connectivity index is 2.08. The molecule has 0 unspecified atom stereocenters. The van der Waals surface area contributed by atoms with Gasteiger partial charge in [0.05, 0.1) is 6.04 Å². The number of hydrogen-bond donors (Lipinski definition) is 2. The van der Waals surface area contributed by atoms with Crippen LogP contribution in [0.15, 0.2) is 24.3 Å². The highest BCUT2D eigenvalue weighted by atomic mass is 16.2. The van der Waals surface area contributed by atoms with Crippen LogP contribution < -0.4 is 11.1 Å². The van der Waals surface area contributed by atoms with E-state index in [4.69, 9.17) is 5.73 Å². The molecule has 0 aliphatic carbocycles. The Morgan fingerprint density at radius 1 is 1.48 bits per heavy atom. The smallest absolute Gasteiger partial charge is 0.241 e. The molecular formula is C14H20N6O. The summed E-state index contributed by atoms with van der Waals surface area (Å²) in [7, 11) is 1.77. The van der Waals surface area contributed by atoms with Gasteiger partial charge in [0.25, 0.3) is 0 Å². The van der Waals surface area contributed by atoms with Crippen LogP contribution in [0.25, 0.3) is 11.4 Å². The normalized spacial score (nSPS) is 12.1. The topological polar surface area (TPSA) is 98.7 Å². The minimum Gasteiger partial charge on any atom is -0.325 e. The lowest BCUT2D eigenvalue weighted by atomic mass is 10.1. The highest BCUT2D eigenvalue weighted by molar-refractivity contribution is 5.95. The molecule has 1 heterocycles. The van der Waals surface area contributed by atoms with Crippen molar-refractivity contribution in [1.82, 2.24) is 20.2 Å². The molecule has 1 amide bonds. The lowest BCUT2D eigenvalue weighted by Crippen LogP contribution is -2.35. The third-order valence-corrected chi connectivity index (χ3v) is 3.21. The zero-order chi connectivity index (χ0) is 15.2. The number of carbonyl (C=O) groups excluding carboxylic acids is 1. The second kappa shape index (κ2) is 6.94. The molecule has 2 rings (SSSR count). The van der Waals surface area contributed by atoms with Crippen molar-refractivity contribution in [1.29, 1.82) is 0 Å². The minimum atomic E-state index is -0.481. The fourth-order valence-corrected chi connectivity index (χ4v) is 2.00. The Hall–Kier alpha value is -2.28. The van der Waals surface area contributed by atoms with Crippen molar-refractivity contribution in [2.24, 2.45) is 12.8 Å². The predicted octanol–water partition coefficient (Wildman–Crippen LogP) is 1.33. The van der Waals surface area contributed by atoms with Crippen LogP contribution in [0.3, 0.4) is 0 Å². The number of anilines is 1. The summed E-state index contributed by atoms with van der Waals surface area (Å²) in [6.07, 6.45) is 2.66. The first-order valence-electron chi connectivity index (χ1n) is 7.01. The van der Waals surface area contributed by atoms with E-state index in [1.807, 2.05) is 24.3 Å². The first-order valence-corrected chi connectivity index (χ1v) is 7.01. The summed E-state index contributed by atoms with van der Waals surface area (Å²) in [4.78, 5) is 12.0. The van der Waals surface area contributed by atoms with Gasteiger partial charge in [-0.2, -0.15) is 0 Å². The molecule has 2 aromatic rings. The number of nitrogens with two attached hydrogens (primary N) is 1. The maximum Gasteiger partial charge on any atom is 0.241 e. The number of hydrogen-bond acceptors (Lipinski definition) is 5. The van der Waals surface area contributed by atoms with Gasteiger partial charge in [-0.25, -0.2) is 4.68 Å². The van der Waals surface area contributed by atoms with Crippen LogP contribution in [0.1, 0.15) is 26.2 Å².